The minimum atomic E-state index is 0.203. The molecule has 1 aromatic heterocycles. The van der Waals surface area contributed by atoms with Crippen molar-refractivity contribution < 1.29 is 9.21 Å². The minimum absolute atomic E-state index is 0.203. The van der Waals surface area contributed by atoms with Gasteiger partial charge in [0.25, 0.3) is 0 Å². The van der Waals surface area contributed by atoms with Gasteiger partial charge in [0.15, 0.2) is 5.78 Å². The molecule has 1 heterocycles. The van der Waals surface area contributed by atoms with Crippen molar-refractivity contribution in [3.05, 3.63) is 47.5 Å². The average molecular weight is 242 g/mol. The van der Waals surface area contributed by atoms with Gasteiger partial charge in [0.2, 0.25) is 0 Å². The van der Waals surface area contributed by atoms with Crippen molar-refractivity contribution >= 4 is 5.78 Å². The second-order valence-electron chi connectivity index (χ2n) is 5.56. The molecule has 0 radical (unpaired) electrons. The SMILES string of the molecule is CC(C)C1C2=C(CC=C2)C(=O)CC1c1ccco1. The summed E-state index contributed by atoms with van der Waals surface area (Å²) in [7, 11) is 0. The number of rotatable bonds is 2. The van der Waals surface area contributed by atoms with Gasteiger partial charge >= 0.3 is 0 Å². The van der Waals surface area contributed by atoms with E-state index >= 15 is 0 Å². The number of carbonyl (C=O) groups is 1. The van der Waals surface area contributed by atoms with Crippen molar-refractivity contribution in [3.8, 4) is 0 Å². The molecule has 94 valence electrons. The highest BCUT2D eigenvalue weighted by Gasteiger charge is 2.39. The van der Waals surface area contributed by atoms with Crippen molar-refractivity contribution in [3.63, 3.8) is 0 Å². The number of hydrogen-bond acceptors (Lipinski definition) is 2. The van der Waals surface area contributed by atoms with Crippen LogP contribution in [-0.2, 0) is 4.79 Å². The van der Waals surface area contributed by atoms with E-state index in [0.29, 0.717) is 24.0 Å². The minimum Gasteiger partial charge on any atom is -0.469 e. The predicted octanol–water partition coefficient (Wildman–Crippen LogP) is 3.86. The molecule has 2 aliphatic carbocycles. The molecule has 0 amide bonds. The van der Waals surface area contributed by atoms with E-state index in [1.807, 2.05) is 12.1 Å². The Labute approximate surface area is 107 Å². The summed E-state index contributed by atoms with van der Waals surface area (Å²) in [5.74, 6) is 2.37. The number of allylic oxidation sites excluding steroid dienone is 4. The van der Waals surface area contributed by atoms with Crippen LogP contribution in [0.15, 0.2) is 46.1 Å². The van der Waals surface area contributed by atoms with Gasteiger partial charge in [-0.05, 0) is 36.0 Å². The van der Waals surface area contributed by atoms with Crippen LogP contribution in [0.5, 0.6) is 0 Å². The summed E-state index contributed by atoms with van der Waals surface area (Å²) in [4.78, 5) is 12.2. The quantitative estimate of drug-likeness (QED) is 0.788. The fourth-order valence-corrected chi connectivity index (χ4v) is 3.38. The van der Waals surface area contributed by atoms with Crippen molar-refractivity contribution in [2.75, 3.05) is 0 Å². The van der Waals surface area contributed by atoms with E-state index in [2.05, 4.69) is 26.0 Å². The number of furan rings is 1. The van der Waals surface area contributed by atoms with Gasteiger partial charge in [0.05, 0.1) is 6.26 Å². The van der Waals surface area contributed by atoms with Crippen molar-refractivity contribution in [1.29, 1.82) is 0 Å². The number of carbonyl (C=O) groups excluding carboxylic acids is 1. The van der Waals surface area contributed by atoms with Crippen LogP contribution in [0.1, 0.15) is 38.4 Å². The Bertz CT molecular complexity index is 517. The molecule has 2 aliphatic rings. The molecule has 0 saturated carbocycles. The molecule has 0 bridgehead atoms. The molecule has 0 aliphatic heterocycles. The lowest BCUT2D eigenvalue weighted by atomic mass is 9.69. The second-order valence-corrected chi connectivity index (χ2v) is 5.56. The maximum Gasteiger partial charge on any atom is 0.160 e. The fraction of sp³-hybridized carbons (Fsp3) is 0.438. The first-order valence-corrected chi connectivity index (χ1v) is 6.64. The molecule has 0 spiro atoms. The van der Waals surface area contributed by atoms with Crippen LogP contribution in [-0.4, -0.2) is 5.78 Å². The first-order chi connectivity index (χ1) is 8.68. The van der Waals surface area contributed by atoms with Crippen LogP contribution in [0.2, 0.25) is 0 Å². The Hall–Kier alpha value is -1.57. The Balaban J connectivity index is 2.06. The van der Waals surface area contributed by atoms with E-state index in [-0.39, 0.29) is 5.92 Å². The van der Waals surface area contributed by atoms with E-state index in [9.17, 15) is 4.79 Å². The lowest BCUT2D eigenvalue weighted by molar-refractivity contribution is -0.117. The van der Waals surface area contributed by atoms with Crippen LogP contribution >= 0.6 is 0 Å². The van der Waals surface area contributed by atoms with Crippen LogP contribution < -0.4 is 0 Å². The van der Waals surface area contributed by atoms with E-state index in [4.69, 9.17) is 4.42 Å². The van der Waals surface area contributed by atoms with Gasteiger partial charge in [-0.2, -0.15) is 0 Å². The van der Waals surface area contributed by atoms with Gasteiger partial charge in [-0.25, -0.2) is 0 Å². The summed E-state index contributed by atoms with van der Waals surface area (Å²) in [5.41, 5.74) is 2.29. The Kier molecular flexibility index (Phi) is 2.73. The summed E-state index contributed by atoms with van der Waals surface area (Å²) in [6.45, 7) is 4.46. The molecule has 3 rings (SSSR count). The summed E-state index contributed by atoms with van der Waals surface area (Å²) in [5, 5.41) is 0. The molecule has 2 atom stereocenters. The first kappa shape index (κ1) is 11.5. The highest BCUT2D eigenvalue weighted by atomic mass is 16.3. The highest BCUT2D eigenvalue weighted by Crippen LogP contribution is 2.46. The van der Waals surface area contributed by atoms with Crippen molar-refractivity contribution in [2.24, 2.45) is 11.8 Å². The Morgan fingerprint density at radius 1 is 1.39 bits per heavy atom. The Morgan fingerprint density at radius 2 is 2.22 bits per heavy atom. The van der Waals surface area contributed by atoms with Crippen molar-refractivity contribution in [2.45, 2.75) is 32.6 Å². The van der Waals surface area contributed by atoms with E-state index in [1.54, 1.807) is 6.26 Å². The predicted molar refractivity (Wildman–Crippen MR) is 70.2 cm³/mol. The van der Waals surface area contributed by atoms with Crippen LogP contribution in [0, 0.1) is 11.8 Å². The zero-order valence-corrected chi connectivity index (χ0v) is 10.8. The van der Waals surface area contributed by atoms with Gasteiger partial charge in [0, 0.05) is 17.9 Å². The highest BCUT2D eigenvalue weighted by molar-refractivity contribution is 5.99. The molecule has 18 heavy (non-hydrogen) atoms. The molecule has 2 nitrogen and oxygen atoms in total. The van der Waals surface area contributed by atoms with E-state index in [0.717, 1.165) is 17.8 Å². The normalized spacial score (nSPS) is 27.2. The summed E-state index contributed by atoms with van der Waals surface area (Å²) >= 11 is 0. The monoisotopic (exact) mass is 242 g/mol. The second kappa shape index (κ2) is 4.27. The van der Waals surface area contributed by atoms with Gasteiger partial charge in [-0.1, -0.05) is 26.0 Å². The van der Waals surface area contributed by atoms with Crippen molar-refractivity contribution in [1.82, 2.24) is 0 Å². The summed E-state index contributed by atoms with van der Waals surface area (Å²) < 4.78 is 5.55. The maximum absolute atomic E-state index is 12.2. The summed E-state index contributed by atoms with van der Waals surface area (Å²) in [6, 6.07) is 3.91. The average Bonchev–Trinajstić information content (AvgIpc) is 2.99. The molecular formula is C16H18O2. The topological polar surface area (TPSA) is 30.2 Å². The van der Waals surface area contributed by atoms with Gasteiger partial charge < -0.3 is 4.42 Å². The third kappa shape index (κ3) is 1.67. The largest absolute Gasteiger partial charge is 0.469 e. The summed E-state index contributed by atoms with van der Waals surface area (Å²) in [6.07, 6.45) is 7.38. The molecule has 0 saturated heterocycles. The number of ketones is 1. The first-order valence-electron chi connectivity index (χ1n) is 6.64. The number of Topliss-reactive ketones (excluding diaryl/α,β-unsaturated/α-hetero) is 1. The van der Waals surface area contributed by atoms with Gasteiger partial charge in [-0.3, -0.25) is 4.79 Å². The van der Waals surface area contributed by atoms with Crippen LogP contribution in [0.25, 0.3) is 0 Å². The lowest BCUT2D eigenvalue weighted by Gasteiger charge is -2.34. The molecular weight excluding hydrogens is 224 g/mol. The third-order valence-electron chi connectivity index (χ3n) is 4.13. The lowest BCUT2D eigenvalue weighted by Crippen LogP contribution is -2.28. The van der Waals surface area contributed by atoms with E-state index in [1.165, 1.54) is 5.57 Å². The van der Waals surface area contributed by atoms with Crippen LogP contribution in [0.4, 0.5) is 0 Å². The molecule has 2 heteroatoms. The molecule has 0 fully saturated rings. The van der Waals surface area contributed by atoms with Gasteiger partial charge in [0.1, 0.15) is 5.76 Å². The standard InChI is InChI=1S/C16H18O2/c1-10(2)16-12-6-3-5-11(12)14(17)9-13(16)15-7-4-8-18-15/h3-4,6-8,10,13,16H,5,9H2,1-2H3. The third-order valence-corrected chi connectivity index (χ3v) is 4.13. The Morgan fingerprint density at radius 3 is 2.89 bits per heavy atom. The fourth-order valence-electron chi connectivity index (χ4n) is 3.38. The number of hydrogen-bond donors (Lipinski definition) is 0. The smallest absolute Gasteiger partial charge is 0.160 e. The maximum atomic E-state index is 12.2. The van der Waals surface area contributed by atoms with Crippen LogP contribution in [0.3, 0.4) is 0 Å². The molecule has 2 unspecified atom stereocenters. The molecule has 0 N–H and O–H groups in total. The zero-order chi connectivity index (χ0) is 12.7. The van der Waals surface area contributed by atoms with Gasteiger partial charge in [-0.15, -0.1) is 0 Å². The molecule has 1 aromatic rings. The zero-order valence-electron chi connectivity index (χ0n) is 10.8. The molecule has 0 aromatic carbocycles. The van der Waals surface area contributed by atoms with E-state index < -0.39 is 0 Å².